The van der Waals surface area contributed by atoms with Crippen molar-refractivity contribution in [2.45, 2.75) is 38.5 Å². The topological polar surface area (TPSA) is 50.4 Å². The minimum atomic E-state index is -2.84. The lowest BCUT2D eigenvalue weighted by Gasteiger charge is -2.11. The minimum absolute atomic E-state index is 0.0374. The number of alkyl halides is 2. The van der Waals surface area contributed by atoms with E-state index in [2.05, 4.69) is 15.4 Å². The first kappa shape index (κ1) is 14.7. The van der Waals surface area contributed by atoms with Crippen LogP contribution in [0.2, 0.25) is 0 Å². The zero-order valence-electron chi connectivity index (χ0n) is 11.1. The molecule has 1 aromatic carbocycles. The van der Waals surface area contributed by atoms with Crippen molar-refractivity contribution in [1.82, 2.24) is 10.6 Å². The molecule has 1 fully saturated rings. The van der Waals surface area contributed by atoms with E-state index in [-0.39, 0.29) is 17.7 Å². The first-order valence-corrected chi connectivity index (χ1v) is 6.67. The van der Waals surface area contributed by atoms with Gasteiger partial charge < -0.3 is 15.4 Å². The predicted octanol–water partition coefficient (Wildman–Crippen LogP) is 2.05. The van der Waals surface area contributed by atoms with Gasteiger partial charge in [0.15, 0.2) is 0 Å². The van der Waals surface area contributed by atoms with Crippen LogP contribution in [0.25, 0.3) is 0 Å². The van der Waals surface area contributed by atoms with Gasteiger partial charge >= 0.3 is 6.61 Å². The average molecular weight is 284 g/mol. The molecule has 2 rings (SSSR count). The highest BCUT2D eigenvalue weighted by Gasteiger charge is 2.17. The molecule has 2 N–H and O–H groups in total. The third kappa shape index (κ3) is 4.77. The van der Waals surface area contributed by atoms with Gasteiger partial charge in [-0.1, -0.05) is 12.1 Å². The van der Waals surface area contributed by atoms with Crippen LogP contribution in [0.3, 0.4) is 0 Å². The molecular formula is C14H18F2N2O2. The van der Waals surface area contributed by atoms with Crippen LogP contribution in [-0.4, -0.2) is 25.1 Å². The van der Waals surface area contributed by atoms with Gasteiger partial charge in [-0.2, -0.15) is 8.78 Å². The number of hydrogen-bond donors (Lipinski definition) is 2. The van der Waals surface area contributed by atoms with Gasteiger partial charge in [0, 0.05) is 19.0 Å². The molecule has 1 aliphatic heterocycles. The second-order valence-corrected chi connectivity index (χ2v) is 4.80. The Morgan fingerprint density at radius 1 is 1.50 bits per heavy atom. The molecule has 0 radical (unpaired) electrons. The third-order valence-corrected chi connectivity index (χ3v) is 3.21. The fraction of sp³-hybridized carbons (Fsp3) is 0.500. The summed E-state index contributed by atoms with van der Waals surface area (Å²) in [6, 6.07) is 6.59. The van der Waals surface area contributed by atoms with Crippen LogP contribution in [0.1, 0.15) is 24.8 Å². The Kier molecular flexibility index (Phi) is 5.29. The van der Waals surface area contributed by atoms with Crippen molar-refractivity contribution in [2.24, 2.45) is 0 Å². The largest absolute Gasteiger partial charge is 0.435 e. The fourth-order valence-electron chi connectivity index (χ4n) is 2.26. The maximum absolute atomic E-state index is 12.1. The van der Waals surface area contributed by atoms with Gasteiger partial charge in [-0.15, -0.1) is 0 Å². The maximum Gasteiger partial charge on any atom is 0.387 e. The quantitative estimate of drug-likeness (QED) is 0.840. The molecule has 1 aromatic rings. The highest BCUT2D eigenvalue weighted by molar-refractivity contribution is 5.76. The van der Waals surface area contributed by atoms with Crippen molar-refractivity contribution in [3.05, 3.63) is 29.8 Å². The van der Waals surface area contributed by atoms with E-state index in [0.29, 0.717) is 13.0 Å². The molecule has 110 valence electrons. The van der Waals surface area contributed by atoms with Gasteiger partial charge in [-0.25, -0.2) is 0 Å². The fourth-order valence-corrected chi connectivity index (χ4v) is 2.26. The summed E-state index contributed by atoms with van der Waals surface area (Å²) in [6.07, 6.45) is 2.57. The number of hydrogen-bond acceptors (Lipinski definition) is 3. The van der Waals surface area contributed by atoms with Gasteiger partial charge in [0.2, 0.25) is 5.91 Å². The Bertz CT molecular complexity index is 449. The van der Waals surface area contributed by atoms with Crippen LogP contribution in [0.4, 0.5) is 8.78 Å². The lowest BCUT2D eigenvalue weighted by Crippen LogP contribution is -2.31. The number of amides is 1. The van der Waals surface area contributed by atoms with Gasteiger partial charge in [0.1, 0.15) is 5.75 Å². The Balaban J connectivity index is 1.79. The summed E-state index contributed by atoms with van der Waals surface area (Å²) in [6.45, 7) is -1.56. The van der Waals surface area contributed by atoms with E-state index in [1.807, 2.05) is 0 Å². The second-order valence-electron chi connectivity index (χ2n) is 4.80. The summed E-state index contributed by atoms with van der Waals surface area (Å²) in [5.41, 5.74) is 0.732. The molecule has 0 aliphatic carbocycles. The molecule has 20 heavy (non-hydrogen) atoms. The van der Waals surface area contributed by atoms with Crippen molar-refractivity contribution in [3.8, 4) is 5.75 Å². The first-order chi connectivity index (χ1) is 9.63. The average Bonchev–Trinajstić information content (AvgIpc) is 2.89. The van der Waals surface area contributed by atoms with E-state index in [4.69, 9.17) is 0 Å². The van der Waals surface area contributed by atoms with Crippen molar-refractivity contribution >= 4 is 5.91 Å². The van der Waals surface area contributed by atoms with Gasteiger partial charge in [-0.05, 0) is 37.1 Å². The molecule has 0 spiro atoms. The van der Waals surface area contributed by atoms with Crippen LogP contribution in [-0.2, 0) is 11.3 Å². The third-order valence-electron chi connectivity index (χ3n) is 3.21. The maximum atomic E-state index is 12.1. The molecule has 4 nitrogen and oxygen atoms in total. The minimum Gasteiger partial charge on any atom is -0.435 e. The van der Waals surface area contributed by atoms with Crippen molar-refractivity contribution in [1.29, 1.82) is 0 Å². The Hall–Kier alpha value is -1.69. The van der Waals surface area contributed by atoms with E-state index in [1.165, 1.54) is 12.1 Å². The summed E-state index contributed by atoms with van der Waals surface area (Å²) >= 11 is 0. The van der Waals surface area contributed by atoms with Crippen molar-refractivity contribution in [3.63, 3.8) is 0 Å². The van der Waals surface area contributed by atoms with E-state index in [1.54, 1.807) is 12.1 Å². The van der Waals surface area contributed by atoms with Crippen LogP contribution in [0, 0.1) is 0 Å². The molecule has 0 aromatic heterocycles. The number of nitrogens with one attached hydrogen (secondary N) is 2. The van der Waals surface area contributed by atoms with Crippen LogP contribution in [0.5, 0.6) is 5.75 Å². The molecule has 0 bridgehead atoms. The predicted molar refractivity (Wildman–Crippen MR) is 70.6 cm³/mol. The number of ether oxygens (including phenoxy) is 1. The van der Waals surface area contributed by atoms with Gasteiger partial charge in [0.05, 0.1) is 0 Å². The number of carbonyl (C=O) groups excluding carboxylic acids is 1. The number of benzene rings is 1. The number of rotatable bonds is 6. The number of halogens is 2. The van der Waals surface area contributed by atoms with Crippen molar-refractivity contribution < 1.29 is 18.3 Å². The summed E-state index contributed by atoms with van der Waals surface area (Å²) in [4.78, 5) is 11.7. The zero-order valence-corrected chi connectivity index (χ0v) is 11.1. The van der Waals surface area contributed by atoms with Crippen molar-refractivity contribution in [2.75, 3.05) is 6.54 Å². The second kappa shape index (κ2) is 7.19. The summed E-state index contributed by atoms with van der Waals surface area (Å²) in [5, 5.41) is 6.04. The standard InChI is InChI=1S/C14H18F2N2O2/c15-14(16)20-12-5-1-3-10(7-12)9-18-13(19)8-11-4-2-6-17-11/h1,3,5,7,11,14,17H,2,4,6,8-9H2,(H,18,19). The summed E-state index contributed by atoms with van der Waals surface area (Å²) in [7, 11) is 0. The normalized spacial score (nSPS) is 18.2. The summed E-state index contributed by atoms with van der Waals surface area (Å²) in [5.74, 6) is 0.0637. The molecule has 1 unspecified atom stereocenters. The molecular weight excluding hydrogens is 266 g/mol. The van der Waals surface area contributed by atoms with E-state index in [0.717, 1.165) is 24.9 Å². The Morgan fingerprint density at radius 2 is 2.35 bits per heavy atom. The van der Waals surface area contributed by atoms with Crippen LogP contribution >= 0.6 is 0 Å². The van der Waals surface area contributed by atoms with Gasteiger partial charge in [0.25, 0.3) is 0 Å². The number of carbonyl (C=O) groups is 1. The molecule has 1 saturated heterocycles. The monoisotopic (exact) mass is 284 g/mol. The van der Waals surface area contributed by atoms with Crippen LogP contribution < -0.4 is 15.4 Å². The van der Waals surface area contributed by atoms with E-state index in [9.17, 15) is 13.6 Å². The molecule has 1 aliphatic rings. The molecule has 0 saturated carbocycles. The summed E-state index contributed by atoms with van der Waals surface area (Å²) < 4.78 is 28.5. The van der Waals surface area contributed by atoms with Gasteiger partial charge in [-0.3, -0.25) is 4.79 Å². The lowest BCUT2D eigenvalue weighted by molar-refractivity contribution is -0.121. The first-order valence-electron chi connectivity index (χ1n) is 6.67. The van der Waals surface area contributed by atoms with Crippen LogP contribution in [0.15, 0.2) is 24.3 Å². The molecule has 1 atom stereocenters. The highest BCUT2D eigenvalue weighted by atomic mass is 19.3. The van der Waals surface area contributed by atoms with E-state index < -0.39 is 6.61 Å². The Morgan fingerprint density at radius 3 is 3.05 bits per heavy atom. The molecule has 1 heterocycles. The lowest BCUT2D eigenvalue weighted by atomic mass is 10.1. The Labute approximate surface area is 116 Å². The molecule has 6 heteroatoms. The SMILES string of the molecule is O=C(CC1CCCN1)NCc1cccc(OC(F)F)c1. The smallest absolute Gasteiger partial charge is 0.387 e. The zero-order chi connectivity index (χ0) is 14.4. The van der Waals surface area contributed by atoms with E-state index >= 15 is 0 Å². The highest BCUT2D eigenvalue weighted by Crippen LogP contribution is 2.16. The molecule has 1 amide bonds.